The molecule has 4 fully saturated rings. The summed E-state index contributed by atoms with van der Waals surface area (Å²) >= 11 is 12.2. The smallest absolute Gasteiger partial charge is 0.137 e. The van der Waals surface area contributed by atoms with E-state index in [1.54, 1.807) is 0 Å². The predicted molar refractivity (Wildman–Crippen MR) is 119 cm³/mol. The molecule has 1 amide bonds. The number of carbonyl (C=O) groups excluding carboxylic acids is 2. The molecule has 4 aliphatic carbocycles. The Morgan fingerprint density at radius 1 is 1.16 bits per heavy atom. The lowest BCUT2D eigenvalue weighted by atomic mass is 9.44. The number of ketones is 1. The fourth-order valence-electron chi connectivity index (χ4n) is 8.58. The van der Waals surface area contributed by atoms with E-state index in [0.29, 0.717) is 42.3 Å². The SMILES string of the molecule is C[C@]12CCC(=O)CC1CCC1C2CC[C@@]2(C)C1CC[C@]2(O)C(CCl)N(CCCl)C(=O)[O-]. The molecule has 4 rings (SSSR count). The largest absolute Gasteiger partial charge is 0.530 e. The first-order valence-electron chi connectivity index (χ1n) is 12.0. The third-order valence-corrected chi connectivity index (χ3v) is 10.8. The molecule has 4 aliphatic rings. The van der Waals surface area contributed by atoms with Gasteiger partial charge in [0, 0.05) is 36.6 Å². The second-order valence-corrected chi connectivity index (χ2v) is 11.8. The first kappa shape index (κ1) is 23.6. The minimum absolute atomic E-state index is 0.0275. The highest BCUT2D eigenvalue weighted by atomic mass is 35.5. The summed E-state index contributed by atoms with van der Waals surface area (Å²) in [5.74, 6) is 2.52. The maximum absolute atomic E-state index is 12.1. The standard InChI is InChI=1S/C24H37Cl2NO4/c1-22-8-5-16(28)13-15(22)3-4-17-18(22)6-9-23(2)19(17)7-10-24(23,31)20(14-26)27(12-11-25)21(29)30/h15,17-20,31H,3-14H2,1-2H3,(H,29,30)/p-1/t15?,17?,18?,19?,20?,22-,23-,24-/m0/s1. The van der Waals surface area contributed by atoms with Crippen LogP contribution < -0.4 is 5.11 Å². The first-order valence-corrected chi connectivity index (χ1v) is 13.0. The highest BCUT2D eigenvalue weighted by Crippen LogP contribution is 2.68. The van der Waals surface area contributed by atoms with Crippen molar-refractivity contribution < 1.29 is 19.8 Å². The van der Waals surface area contributed by atoms with Crippen LogP contribution in [0.2, 0.25) is 0 Å². The van der Waals surface area contributed by atoms with Gasteiger partial charge in [-0.2, -0.15) is 0 Å². The van der Waals surface area contributed by atoms with Gasteiger partial charge in [-0.15, -0.1) is 23.2 Å². The van der Waals surface area contributed by atoms with Gasteiger partial charge < -0.3 is 19.9 Å². The van der Waals surface area contributed by atoms with Gasteiger partial charge in [0.2, 0.25) is 0 Å². The molecule has 1 N–H and O–H groups in total. The van der Waals surface area contributed by atoms with Crippen LogP contribution in [-0.2, 0) is 4.79 Å². The van der Waals surface area contributed by atoms with Crippen LogP contribution in [0.1, 0.15) is 71.6 Å². The first-order chi connectivity index (χ1) is 14.6. The highest BCUT2D eigenvalue weighted by Gasteiger charge is 2.66. The maximum atomic E-state index is 12.1. The number of hydrogen-bond acceptors (Lipinski definition) is 4. The number of carboxylic acid groups (broad SMARTS) is 1. The lowest BCUT2D eigenvalue weighted by molar-refractivity contribution is -0.273. The number of aliphatic hydroxyl groups is 1. The van der Waals surface area contributed by atoms with Gasteiger partial charge in [-0.1, -0.05) is 13.8 Å². The number of Topliss-reactive ketones (excluding diaryl/α,β-unsaturated/α-hetero) is 1. The number of nitrogens with zero attached hydrogens (tertiary/aromatic N) is 1. The maximum Gasteiger partial charge on any atom is 0.137 e. The van der Waals surface area contributed by atoms with Crippen LogP contribution in [0.5, 0.6) is 0 Å². The van der Waals surface area contributed by atoms with E-state index in [2.05, 4.69) is 13.8 Å². The third kappa shape index (κ3) is 3.44. The molecular formula is C24H36Cl2NO4-. The summed E-state index contributed by atoms with van der Waals surface area (Å²) < 4.78 is 0. The number of hydrogen-bond donors (Lipinski definition) is 1. The quantitative estimate of drug-likeness (QED) is 0.616. The van der Waals surface area contributed by atoms with Crippen LogP contribution in [0, 0.1) is 34.5 Å². The minimum Gasteiger partial charge on any atom is -0.530 e. The van der Waals surface area contributed by atoms with Crippen molar-refractivity contribution in [1.82, 2.24) is 4.90 Å². The van der Waals surface area contributed by atoms with E-state index >= 15 is 0 Å². The second-order valence-electron chi connectivity index (χ2n) is 11.1. The molecule has 0 aliphatic heterocycles. The van der Waals surface area contributed by atoms with Crippen LogP contribution in [0.3, 0.4) is 0 Å². The molecule has 0 heterocycles. The second kappa shape index (κ2) is 8.36. The molecule has 0 bridgehead atoms. The molecule has 0 spiro atoms. The lowest BCUT2D eigenvalue weighted by Crippen LogP contribution is -2.66. The van der Waals surface area contributed by atoms with Crippen LogP contribution in [0.25, 0.3) is 0 Å². The number of rotatable bonds is 5. The molecule has 0 radical (unpaired) electrons. The molecular weight excluding hydrogens is 437 g/mol. The van der Waals surface area contributed by atoms with Crippen molar-refractivity contribution >= 4 is 35.1 Å². The number of alkyl halides is 2. The number of amides is 1. The highest BCUT2D eigenvalue weighted by molar-refractivity contribution is 6.18. The summed E-state index contributed by atoms with van der Waals surface area (Å²) in [6.07, 6.45) is 6.63. The van der Waals surface area contributed by atoms with Gasteiger partial charge in [-0.3, -0.25) is 4.79 Å². The summed E-state index contributed by atoms with van der Waals surface area (Å²) in [7, 11) is 0. The zero-order chi connectivity index (χ0) is 22.6. The van der Waals surface area contributed by atoms with Gasteiger partial charge in [0.25, 0.3) is 0 Å². The van der Waals surface area contributed by atoms with Gasteiger partial charge in [0.05, 0.1) is 11.6 Å². The summed E-state index contributed by atoms with van der Waals surface area (Å²) in [6.45, 7) is 4.67. The average molecular weight is 473 g/mol. The molecule has 31 heavy (non-hydrogen) atoms. The Bertz CT molecular complexity index is 734. The van der Waals surface area contributed by atoms with Gasteiger partial charge in [-0.05, 0) is 74.0 Å². The Morgan fingerprint density at radius 3 is 2.52 bits per heavy atom. The molecule has 176 valence electrons. The summed E-state index contributed by atoms with van der Waals surface area (Å²) in [5.41, 5.74) is -1.36. The summed E-state index contributed by atoms with van der Waals surface area (Å²) in [5, 5.41) is 23.9. The Labute approximate surface area is 195 Å². The van der Waals surface area contributed by atoms with Crippen molar-refractivity contribution in [2.75, 3.05) is 18.3 Å². The third-order valence-electron chi connectivity index (χ3n) is 10.3. The van der Waals surface area contributed by atoms with Crippen molar-refractivity contribution in [2.45, 2.75) is 83.3 Å². The van der Waals surface area contributed by atoms with E-state index in [-0.39, 0.29) is 29.1 Å². The normalized spacial score (nSPS) is 45.4. The van der Waals surface area contributed by atoms with E-state index in [1.165, 1.54) is 0 Å². The van der Waals surface area contributed by atoms with Crippen molar-refractivity contribution in [3.05, 3.63) is 0 Å². The van der Waals surface area contributed by atoms with Crippen LogP contribution in [0.15, 0.2) is 0 Å². The van der Waals surface area contributed by atoms with E-state index in [1.807, 2.05) is 0 Å². The Hall–Kier alpha value is -0.520. The van der Waals surface area contributed by atoms with E-state index in [0.717, 1.165) is 49.8 Å². The fraction of sp³-hybridized carbons (Fsp3) is 0.917. The molecule has 5 unspecified atom stereocenters. The van der Waals surface area contributed by atoms with E-state index < -0.39 is 17.7 Å². The Balaban J connectivity index is 1.63. The minimum atomic E-state index is -1.32. The summed E-state index contributed by atoms with van der Waals surface area (Å²) in [4.78, 5) is 25.1. The molecule has 5 nitrogen and oxygen atoms in total. The van der Waals surface area contributed by atoms with E-state index in [9.17, 15) is 19.8 Å². The van der Waals surface area contributed by atoms with Crippen molar-refractivity contribution in [3.8, 4) is 0 Å². The van der Waals surface area contributed by atoms with Crippen LogP contribution in [-0.4, -0.2) is 51.8 Å². The van der Waals surface area contributed by atoms with Gasteiger partial charge >= 0.3 is 0 Å². The van der Waals surface area contributed by atoms with E-state index in [4.69, 9.17) is 23.2 Å². The predicted octanol–water partition coefficient (Wildman–Crippen LogP) is 3.82. The van der Waals surface area contributed by atoms with Crippen LogP contribution >= 0.6 is 23.2 Å². The lowest BCUT2D eigenvalue weighted by Gasteiger charge is -2.62. The Morgan fingerprint density at radius 2 is 1.87 bits per heavy atom. The summed E-state index contributed by atoms with van der Waals surface area (Å²) in [6, 6.07) is -0.719. The van der Waals surface area contributed by atoms with Crippen molar-refractivity contribution in [3.63, 3.8) is 0 Å². The van der Waals surface area contributed by atoms with Crippen molar-refractivity contribution in [2.24, 2.45) is 34.5 Å². The number of halogens is 2. The fourth-order valence-corrected chi connectivity index (χ4v) is 9.18. The topological polar surface area (TPSA) is 80.7 Å². The van der Waals surface area contributed by atoms with Crippen molar-refractivity contribution in [1.29, 1.82) is 0 Å². The zero-order valence-corrected chi connectivity index (χ0v) is 20.3. The van der Waals surface area contributed by atoms with Gasteiger partial charge in [0.1, 0.15) is 11.9 Å². The molecule has 0 aromatic carbocycles. The van der Waals surface area contributed by atoms with Crippen LogP contribution in [0.4, 0.5) is 4.79 Å². The molecule has 7 heteroatoms. The average Bonchev–Trinajstić information content (AvgIpc) is 3.00. The van der Waals surface area contributed by atoms with Gasteiger partial charge in [-0.25, -0.2) is 0 Å². The Kier molecular flexibility index (Phi) is 6.37. The molecule has 0 aromatic rings. The number of carbonyl (C=O) groups is 2. The number of fused-ring (bicyclic) bond motifs is 5. The zero-order valence-electron chi connectivity index (χ0n) is 18.7. The molecule has 0 saturated heterocycles. The monoisotopic (exact) mass is 472 g/mol. The van der Waals surface area contributed by atoms with Gasteiger partial charge in [0.15, 0.2) is 0 Å². The molecule has 8 atom stereocenters. The molecule has 0 aromatic heterocycles. The molecule has 4 saturated carbocycles.